The van der Waals surface area contributed by atoms with Crippen LogP contribution in [0.15, 0.2) is 85.5 Å². The van der Waals surface area contributed by atoms with Crippen molar-refractivity contribution in [1.29, 1.82) is 0 Å². The molecule has 12 nitrogen and oxygen atoms in total. The van der Waals surface area contributed by atoms with Crippen molar-refractivity contribution in [3.8, 4) is 40.3 Å². The smallest absolute Gasteiger partial charge is 0.255 e. The van der Waals surface area contributed by atoms with Gasteiger partial charge < -0.3 is 24.1 Å². The first-order chi connectivity index (χ1) is 26.3. The number of ether oxygens (including phenoxy) is 3. The summed E-state index contributed by atoms with van der Waals surface area (Å²) in [6.07, 6.45) is 8.97. The van der Waals surface area contributed by atoms with Crippen molar-refractivity contribution in [2.75, 3.05) is 6.61 Å². The lowest BCUT2D eigenvalue weighted by Gasteiger charge is -2.34. The molecule has 6 aromatic rings. The zero-order valence-electron chi connectivity index (χ0n) is 28.7. The molecule has 6 heterocycles. The minimum absolute atomic E-state index is 0.0166. The lowest BCUT2D eigenvalue weighted by atomic mass is 9.92. The molecule has 268 valence electrons. The molecule has 3 aliphatic rings. The van der Waals surface area contributed by atoms with Crippen molar-refractivity contribution in [3.05, 3.63) is 107 Å². The molecule has 1 unspecified atom stereocenters. The van der Waals surface area contributed by atoms with E-state index < -0.39 is 11.9 Å². The molecule has 1 saturated carbocycles. The van der Waals surface area contributed by atoms with E-state index in [1.807, 2.05) is 30.6 Å². The number of hydrogen-bond donors (Lipinski definition) is 2. The number of H-pyrrole nitrogens is 1. The number of piperidine rings is 1. The van der Waals surface area contributed by atoms with Crippen LogP contribution in [-0.4, -0.2) is 67.4 Å². The molecular weight excluding hydrogens is 708 g/mol. The molecule has 2 aliphatic heterocycles. The van der Waals surface area contributed by atoms with Gasteiger partial charge in [-0.3, -0.25) is 24.7 Å². The maximum absolute atomic E-state index is 12.9. The number of hydrogen-bond acceptors (Lipinski definition) is 9. The van der Waals surface area contributed by atoms with Crippen molar-refractivity contribution in [2.24, 2.45) is 0 Å². The Morgan fingerprint density at radius 1 is 0.852 bits per heavy atom. The number of rotatable bonds is 8. The number of nitrogens with one attached hydrogen (secondary N) is 2. The van der Waals surface area contributed by atoms with Gasteiger partial charge >= 0.3 is 0 Å². The highest BCUT2D eigenvalue weighted by molar-refractivity contribution is 6.36. The molecular formula is C41H31ClN6O6. The van der Waals surface area contributed by atoms with E-state index in [4.69, 9.17) is 25.8 Å². The first-order valence-electron chi connectivity index (χ1n) is 17.5. The van der Waals surface area contributed by atoms with E-state index in [9.17, 15) is 14.4 Å². The maximum atomic E-state index is 12.9. The number of aromatic nitrogens is 4. The minimum Gasteiger partial charge on any atom is -0.489 e. The third kappa shape index (κ3) is 6.54. The van der Waals surface area contributed by atoms with Gasteiger partial charge in [-0.2, -0.15) is 0 Å². The number of fused-ring (bicyclic) bond motifs is 4. The summed E-state index contributed by atoms with van der Waals surface area (Å²) in [5.74, 6) is 6.78. The molecule has 2 fully saturated rings. The topological polar surface area (TPSA) is 149 Å². The summed E-state index contributed by atoms with van der Waals surface area (Å²) in [5.41, 5.74) is 5.75. The van der Waals surface area contributed by atoms with Crippen LogP contribution in [0, 0.1) is 11.8 Å². The fourth-order valence-electron chi connectivity index (χ4n) is 7.07. The highest BCUT2D eigenvalue weighted by atomic mass is 35.5. The standard InChI is InChI=1S/C41H31ClN6O6/c42-34-21-43-20-33-32-8-3-23(15-35(32)46-39(33)34)24-4-12-38(45-18-24)54-30-16-29(17-30)53-28-6-5-26(44-19-28)2-1-13-52-27-7-9-31-25(14-27)22-48(41(31)51)36-10-11-37(49)47-40(36)50/h3-9,12,14-15,18-21,29-30,36,46H,10-11,13,16-17,22H2,(H,47,49,50)/t29-,30-,36?. The summed E-state index contributed by atoms with van der Waals surface area (Å²) in [7, 11) is 0. The molecule has 1 saturated heterocycles. The molecule has 1 atom stereocenters. The molecule has 13 heteroatoms. The summed E-state index contributed by atoms with van der Waals surface area (Å²) < 4.78 is 18.0. The second-order valence-corrected chi connectivity index (χ2v) is 13.9. The van der Waals surface area contributed by atoms with Crippen LogP contribution in [-0.2, 0) is 16.1 Å². The number of nitrogens with zero attached hydrogens (tertiary/aromatic N) is 4. The summed E-state index contributed by atoms with van der Waals surface area (Å²) in [6, 6.07) is 18.3. The molecule has 2 N–H and O–H groups in total. The third-order valence-corrected chi connectivity index (χ3v) is 10.2. The number of halogens is 1. The Balaban J connectivity index is 0.726. The van der Waals surface area contributed by atoms with Crippen LogP contribution in [0.3, 0.4) is 0 Å². The van der Waals surface area contributed by atoms with Crippen LogP contribution in [0.4, 0.5) is 0 Å². The summed E-state index contributed by atoms with van der Waals surface area (Å²) in [6.45, 7) is 0.404. The highest BCUT2D eigenvalue weighted by Gasteiger charge is 2.39. The van der Waals surface area contributed by atoms with Gasteiger partial charge in [0.15, 0.2) is 0 Å². The normalized spacial score (nSPS) is 19.2. The van der Waals surface area contributed by atoms with E-state index in [0.29, 0.717) is 40.1 Å². The molecule has 9 rings (SSSR count). The van der Waals surface area contributed by atoms with E-state index in [2.05, 4.69) is 55.3 Å². The summed E-state index contributed by atoms with van der Waals surface area (Å²) in [5, 5.41) is 4.97. The number of amides is 3. The molecule has 0 bridgehead atoms. The van der Waals surface area contributed by atoms with Gasteiger partial charge in [-0.05, 0) is 65.9 Å². The average molecular weight is 739 g/mol. The lowest BCUT2D eigenvalue weighted by Crippen LogP contribution is -2.52. The molecule has 2 aromatic carbocycles. The monoisotopic (exact) mass is 738 g/mol. The zero-order chi connectivity index (χ0) is 36.8. The number of carbonyl (C=O) groups is 3. The Morgan fingerprint density at radius 3 is 2.52 bits per heavy atom. The SMILES string of the molecule is O=C1CCC(N2Cc3cc(OCC#Cc4ccc(O[C@H]5C[C@H](Oc6ccc(-c7ccc8c(c7)[nH]c7c(Cl)cncc78)cn6)C5)cn4)ccc3C2=O)C(=O)N1. The number of aromatic amines is 1. The number of pyridine rings is 3. The molecule has 4 aromatic heterocycles. The molecule has 3 amide bonds. The minimum atomic E-state index is -0.658. The van der Waals surface area contributed by atoms with Gasteiger partial charge in [-0.1, -0.05) is 29.7 Å². The van der Waals surface area contributed by atoms with Crippen molar-refractivity contribution < 1.29 is 28.6 Å². The van der Waals surface area contributed by atoms with Gasteiger partial charge in [0.05, 0.1) is 16.7 Å². The third-order valence-electron chi connectivity index (χ3n) is 9.94. The predicted octanol–water partition coefficient (Wildman–Crippen LogP) is 6.01. The average Bonchev–Trinajstić information content (AvgIpc) is 3.70. The van der Waals surface area contributed by atoms with Crippen LogP contribution in [0.25, 0.3) is 32.9 Å². The fraction of sp³-hybridized carbons (Fsp3) is 0.220. The van der Waals surface area contributed by atoms with Gasteiger partial charge in [0.25, 0.3) is 5.91 Å². The largest absolute Gasteiger partial charge is 0.489 e. The van der Waals surface area contributed by atoms with E-state index in [0.717, 1.165) is 51.3 Å². The van der Waals surface area contributed by atoms with Gasteiger partial charge in [0.1, 0.15) is 42.0 Å². The Morgan fingerprint density at radius 2 is 1.70 bits per heavy atom. The Kier molecular flexibility index (Phi) is 8.56. The van der Waals surface area contributed by atoms with Crippen LogP contribution >= 0.6 is 11.6 Å². The van der Waals surface area contributed by atoms with Crippen molar-refractivity contribution in [2.45, 2.75) is 50.5 Å². The fourth-order valence-corrected chi connectivity index (χ4v) is 7.27. The first kappa shape index (κ1) is 33.4. The van der Waals surface area contributed by atoms with Gasteiger partial charge in [0, 0.05) is 77.9 Å². The number of imide groups is 1. The molecule has 0 spiro atoms. The molecule has 54 heavy (non-hydrogen) atoms. The first-order valence-corrected chi connectivity index (χ1v) is 17.9. The van der Waals surface area contributed by atoms with Gasteiger partial charge in [-0.15, -0.1) is 0 Å². The van der Waals surface area contributed by atoms with Crippen LogP contribution < -0.4 is 19.5 Å². The number of benzene rings is 2. The Hall–Kier alpha value is -6.45. The predicted molar refractivity (Wildman–Crippen MR) is 199 cm³/mol. The zero-order valence-corrected chi connectivity index (χ0v) is 29.4. The maximum Gasteiger partial charge on any atom is 0.255 e. The van der Waals surface area contributed by atoms with Crippen molar-refractivity contribution in [3.63, 3.8) is 0 Å². The molecule has 1 aliphatic carbocycles. The summed E-state index contributed by atoms with van der Waals surface area (Å²) >= 11 is 6.33. The van der Waals surface area contributed by atoms with E-state index >= 15 is 0 Å². The Labute approximate surface area is 313 Å². The Bertz CT molecular complexity index is 2520. The molecule has 0 radical (unpaired) electrons. The van der Waals surface area contributed by atoms with Gasteiger partial charge in [-0.25, -0.2) is 9.97 Å². The second kappa shape index (κ2) is 13.8. The van der Waals surface area contributed by atoms with Gasteiger partial charge in [0.2, 0.25) is 17.7 Å². The van der Waals surface area contributed by atoms with Crippen LogP contribution in [0.1, 0.15) is 47.3 Å². The second-order valence-electron chi connectivity index (χ2n) is 13.5. The lowest BCUT2D eigenvalue weighted by molar-refractivity contribution is -0.136. The van der Waals surface area contributed by atoms with Crippen molar-refractivity contribution >= 4 is 51.1 Å². The van der Waals surface area contributed by atoms with E-state index in [1.165, 1.54) is 4.90 Å². The summed E-state index contributed by atoms with van der Waals surface area (Å²) in [4.78, 5) is 54.8. The van der Waals surface area contributed by atoms with E-state index in [1.54, 1.807) is 36.7 Å². The highest BCUT2D eigenvalue weighted by Crippen LogP contribution is 2.34. The van der Waals surface area contributed by atoms with E-state index in [-0.39, 0.29) is 43.6 Å². The van der Waals surface area contributed by atoms with Crippen LogP contribution in [0.5, 0.6) is 17.4 Å². The van der Waals surface area contributed by atoms with Crippen molar-refractivity contribution in [1.82, 2.24) is 30.2 Å². The number of carbonyl (C=O) groups excluding carboxylic acids is 3. The van der Waals surface area contributed by atoms with Crippen LogP contribution in [0.2, 0.25) is 5.02 Å². The quantitative estimate of drug-likeness (QED) is 0.142.